The molecule has 1 atom stereocenters. The van der Waals surface area contributed by atoms with Crippen LogP contribution in [0.2, 0.25) is 0 Å². The summed E-state index contributed by atoms with van der Waals surface area (Å²) in [5.41, 5.74) is 2.73. The number of nitrogens with one attached hydrogen (secondary N) is 1. The number of carbonyl (C=O) groups is 1. The highest BCUT2D eigenvalue weighted by atomic mass is 32.1. The van der Waals surface area contributed by atoms with E-state index in [1.807, 2.05) is 48.7 Å². The second kappa shape index (κ2) is 11.0. The molecule has 5 rings (SSSR count). The molecule has 11 heteroatoms. The molecule has 0 aliphatic carbocycles. The van der Waals surface area contributed by atoms with E-state index in [0.29, 0.717) is 31.9 Å². The lowest BCUT2D eigenvalue weighted by Gasteiger charge is -2.24. The van der Waals surface area contributed by atoms with E-state index in [1.165, 1.54) is 46.5 Å². The zero-order chi connectivity index (χ0) is 27.7. The minimum absolute atomic E-state index is 0.108. The van der Waals surface area contributed by atoms with Crippen LogP contribution in [0.1, 0.15) is 29.0 Å². The van der Waals surface area contributed by atoms with Crippen molar-refractivity contribution in [3.63, 3.8) is 0 Å². The van der Waals surface area contributed by atoms with Gasteiger partial charge in [0.25, 0.3) is 11.5 Å². The summed E-state index contributed by atoms with van der Waals surface area (Å²) < 4.78 is 37.0. The standard InChI is InChI=1S/C28H23F2N3O4S2/c1-15-7-4-5-8-18(15)32-25(34)23-16(2)31-28-33(24(23)21-9-6-12-38-21)26(35)22(39-28)14-17-10-11-19(37-27(29)30)20(13-17)36-3/h4-14,24,27H,1-3H3,(H,32,34). The minimum Gasteiger partial charge on any atom is -0.493 e. The third-order valence-corrected chi connectivity index (χ3v) is 8.08. The average Bonchev–Trinajstić information content (AvgIpc) is 3.53. The van der Waals surface area contributed by atoms with E-state index in [1.54, 1.807) is 19.1 Å². The van der Waals surface area contributed by atoms with E-state index in [9.17, 15) is 18.4 Å². The summed E-state index contributed by atoms with van der Waals surface area (Å²) in [6.07, 6.45) is 1.64. The Hall–Kier alpha value is -4.09. The van der Waals surface area contributed by atoms with Crippen LogP contribution in [0.4, 0.5) is 14.5 Å². The van der Waals surface area contributed by atoms with Gasteiger partial charge in [-0.1, -0.05) is 41.7 Å². The van der Waals surface area contributed by atoms with Gasteiger partial charge >= 0.3 is 6.61 Å². The van der Waals surface area contributed by atoms with Crippen LogP contribution in [0, 0.1) is 6.92 Å². The number of allylic oxidation sites excluding steroid dienone is 1. The van der Waals surface area contributed by atoms with Gasteiger partial charge in [0, 0.05) is 10.6 Å². The van der Waals surface area contributed by atoms with Crippen LogP contribution >= 0.6 is 22.7 Å². The largest absolute Gasteiger partial charge is 0.493 e. The predicted molar refractivity (Wildman–Crippen MR) is 148 cm³/mol. The fraction of sp³-hybridized carbons (Fsp3) is 0.179. The quantitative estimate of drug-likeness (QED) is 0.346. The van der Waals surface area contributed by atoms with Crippen molar-refractivity contribution in [3.8, 4) is 11.5 Å². The summed E-state index contributed by atoms with van der Waals surface area (Å²) in [5.74, 6) is -0.333. The topological polar surface area (TPSA) is 81.9 Å². The molecular weight excluding hydrogens is 544 g/mol. The third kappa shape index (κ3) is 5.27. The maximum atomic E-state index is 13.8. The van der Waals surface area contributed by atoms with Gasteiger partial charge in [-0.15, -0.1) is 11.3 Å². The summed E-state index contributed by atoms with van der Waals surface area (Å²) in [4.78, 5) is 33.3. The second-order valence-corrected chi connectivity index (χ2v) is 10.6. The highest BCUT2D eigenvalue weighted by Gasteiger charge is 2.33. The minimum atomic E-state index is -2.99. The summed E-state index contributed by atoms with van der Waals surface area (Å²) in [7, 11) is 1.35. The van der Waals surface area contributed by atoms with Crippen LogP contribution in [0.5, 0.6) is 11.5 Å². The lowest BCUT2D eigenvalue weighted by Crippen LogP contribution is -2.40. The molecule has 200 valence electrons. The first-order valence-electron chi connectivity index (χ1n) is 11.8. The lowest BCUT2D eigenvalue weighted by molar-refractivity contribution is -0.113. The van der Waals surface area contributed by atoms with Gasteiger partial charge in [-0.3, -0.25) is 14.2 Å². The highest BCUT2D eigenvalue weighted by molar-refractivity contribution is 7.10. The fourth-order valence-corrected chi connectivity index (χ4v) is 6.22. The molecule has 2 aromatic heterocycles. The number of hydrogen-bond donors (Lipinski definition) is 1. The Kier molecular flexibility index (Phi) is 7.45. The first-order valence-corrected chi connectivity index (χ1v) is 13.5. The van der Waals surface area contributed by atoms with Crippen molar-refractivity contribution in [1.82, 2.24) is 4.57 Å². The van der Waals surface area contributed by atoms with E-state index < -0.39 is 12.7 Å². The number of aryl methyl sites for hydroxylation is 1. The number of aromatic nitrogens is 1. The summed E-state index contributed by atoms with van der Waals surface area (Å²) in [6, 6.07) is 15.0. The van der Waals surface area contributed by atoms with Gasteiger partial charge in [-0.2, -0.15) is 8.78 Å². The number of fused-ring (bicyclic) bond motifs is 1. The molecule has 1 amide bonds. The SMILES string of the molecule is COc1cc(C=c2sc3n(c2=O)C(c2cccs2)C(C(=O)Nc2ccccc2C)=C(C)N=3)ccc1OC(F)F. The number of halogens is 2. The normalized spacial score (nSPS) is 15.2. The molecule has 2 aromatic carbocycles. The first-order chi connectivity index (χ1) is 18.8. The van der Waals surface area contributed by atoms with Crippen LogP contribution in [0.3, 0.4) is 0 Å². The maximum absolute atomic E-state index is 13.8. The number of carbonyl (C=O) groups excluding carboxylic acids is 1. The van der Waals surface area contributed by atoms with Gasteiger partial charge in [0.1, 0.15) is 6.04 Å². The van der Waals surface area contributed by atoms with Crippen LogP contribution in [0.15, 0.2) is 81.0 Å². The highest BCUT2D eigenvalue weighted by Crippen LogP contribution is 2.34. The van der Waals surface area contributed by atoms with Crippen molar-refractivity contribution in [2.75, 3.05) is 12.4 Å². The van der Waals surface area contributed by atoms with E-state index in [4.69, 9.17) is 4.74 Å². The molecular formula is C28H23F2N3O4S2. The number of para-hydroxylation sites is 1. The average molecular weight is 568 g/mol. The van der Waals surface area contributed by atoms with Gasteiger partial charge in [-0.25, -0.2) is 4.99 Å². The van der Waals surface area contributed by atoms with Gasteiger partial charge in [0.05, 0.1) is 22.9 Å². The number of benzene rings is 2. The van der Waals surface area contributed by atoms with Crippen LogP contribution in [-0.4, -0.2) is 24.2 Å². The van der Waals surface area contributed by atoms with Crippen LogP contribution in [0.25, 0.3) is 6.08 Å². The van der Waals surface area contributed by atoms with Crippen molar-refractivity contribution in [2.45, 2.75) is 26.5 Å². The number of thiazole rings is 1. The van der Waals surface area contributed by atoms with Crippen molar-refractivity contribution in [3.05, 3.63) is 107 Å². The predicted octanol–water partition coefficient (Wildman–Crippen LogP) is 4.85. The second-order valence-electron chi connectivity index (χ2n) is 8.66. The molecule has 1 aliphatic heterocycles. The Balaban J connectivity index is 1.60. The van der Waals surface area contributed by atoms with E-state index in [-0.39, 0.29) is 23.0 Å². The van der Waals surface area contributed by atoms with Gasteiger partial charge in [-0.05, 0) is 60.7 Å². The molecule has 0 fully saturated rings. The number of nitrogens with zero attached hydrogens (tertiary/aromatic N) is 2. The van der Waals surface area contributed by atoms with Crippen molar-refractivity contribution >= 4 is 40.3 Å². The monoisotopic (exact) mass is 567 g/mol. The Labute approximate surface area is 230 Å². The molecule has 39 heavy (non-hydrogen) atoms. The first kappa shape index (κ1) is 26.5. The smallest absolute Gasteiger partial charge is 0.387 e. The molecule has 3 heterocycles. The number of alkyl halides is 2. The zero-order valence-electron chi connectivity index (χ0n) is 21.1. The maximum Gasteiger partial charge on any atom is 0.387 e. The fourth-order valence-electron chi connectivity index (χ4n) is 4.35. The van der Waals surface area contributed by atoms with E-state index >= 15 is 0 Å². The van der Waals surface area contributed by atoms with Crippen molar-refractivity contribution < 1.29 is 23.0 Å². The molecule has 4 aromatic rings. The zero-order valence-corrected chi connectivity index (χ0v) is 22.7. The summed E-state index contributed by atoms with van der Waals surface area (Å²) >= 11 is 2.63. The molecule has 0 bridgehead atoms. The third-order valence-electron chi connectivity index (χ3n) is 6.17. The number of thiophene rings is 1. The molecule has 0 saturated carbocycles. The number of anilines is 1. The van der Waals surface area contributed by atoms with Crippen molar-refractivity contribution in [1.29, 1.82) is 0 Å². The number of rotatable bonds is 7. The number of amides is 1. The van der Waals surface area contributed by atoms with Crippen molar-refractivity contribution in [2.24, 2.45) is 4.99 Å². The molecule has 1 unspecified atom stereocenters. The van der Waals surface area contributed by atoms with E-state index in [0.717, 1.165) is 10.4 Å². The Morgan fingerprint density at radius 2 is 1.92 bits per heavy atom. The number of hydrogen-bond acceptors (Lipinski definition) is 7. The van der Waals surface area contributed by atoms with Gasteiger partial charge in [0.2, 0.25) is 0 Å². The molecule has 0 saturated heterocycles. The molecule has 0 radical (unpaired) electrons. The number of ether oxygens (including phenoxy) is 2. The molecule has 1 aliphatic rings. The van der Waals surface area contributed by atoms with Crippen LogP contribution < -0.4 is 29.7 Å². The molecule has 0 spiro atoms. The van der Waals surface area contributed by atoms with Gasteiger partial charge in [0.15, 0.2) is 16.3 Å². The van der Waals surface area contributed by atoms with Gasteiger partial charge < -0.3 is 14.8 Å². The Morgan fingerprint density at radius 3 is 2.62 bits per heavy atom. The summed E-state index contributed by atoms with van der Waals surface area (Å²) in [5, 5.41) is 4.87. The molecule has 1 N–H and O–H groups in total. The summed E-state index contributed by atoms with van der Waals surface area (Å²) in [6.45, 7) is 0.673. The number of methoxy groups -OCH3 is 1. The lowest BCUT2D eigenvalue weighted by atomic mass is 10.0. The Morgan fingerprint density at radius 1 is 1.13 bits per heavy atom. The van der Waals surface area contributed by atoms with Crippen LogP contribution in [-0.2, 0) is 4.79 Å². The molecule has 7 nitrogen and oxygen atoms in total. The van der Waals surface area contributed by atoms with E-state index in [2.05, 4.69) is 15.0 Å². The Bertz CT molecular complexity index is 1760.